The van der Waals surface area contributed by atoms with Gasteiger partial charge in [0.25, 0.3) is 0 Å². The molecular formula is C28H26N2O5. The Hall–Kier alpha value is -4.39. The highest BCUT2D eigenvalue weighted by molar-refractivity contribution is 5.88. The smallest absolute Gasteiger partial charge is 0.407 e. The van der Waals surface area contributed by atoms with Gasteiger partial charge in [-0.1, -0.05) is 66.7 Å². The average molecular weight is 471 g/mol. The monoisotopic (exact) mass is 470 g/mol. The van der Waals surface area contributed by atoms with E-state index >= 15 is 0 Å². The largest absolute Gasteiger partial charge is 0.478 e. The molecule has 3 aromatic carbocycles. The van der Waals surface area contributed by atoms with Gasteiger partial charge in [0.05, 0.1) is 5.56 Å². The predicted molar refractivity (Wildman–Crippen MR) is 132 cm³/mol. The van der Waals surface area contributed by atoms with E-state index in [2.05, 4.69) is 34.9 Å². The molecule has 0 aliphatic heterocycles. The number of carboxylic acid groups (broad SMARTS) is 1. The number of nitrogens with one attached hydrogen (secondary N) is 2. The minimum absolute atomic E-state index is 0.00865. The molecule has 3 N–H and O–H groups in total. The number of amides is 2. The molecule has 178 valence electrons. The van der Waals surface area contributed by atoms with E-state index in [0.717, 1.165) is 16.7 Å². The Labute approximate surface area is 203 Å². The Morgan fingerprint density at radius 1 is 0.886 bits per heavy atom. The van der Waals surface area contributed by atoms with Crippen molar-refractivity contribution >= 4 is 18.0 Å². The van der Waals surface area contributed by atoms with Gasteiger partial charge in [-0.15, -0.1) is 0 Å². The first kappa shape index (κ1) is 23.8. The van der Waals surface area contributed by atoms with Gasteiger partial charge in [-0.2, -0.15) is 0 Å². The van der Waals surface area contributed by atoms with Gasteiger partial charge in [-0.3, -0.25) is 4.79 Å². The van der Waals surface area contributed by atoms with E-state index in [-0.39, 0.29) is 30.5 Å². The molecule has 0 saturated heterocycles. The number of ether oxygens (including phenoxy) is 1. The van der Waals surface area contributed by atoms with Gasteiger partial charge in [0.2, 0.25) is 5.91 Å². The number of aromatic carboxylic acids is 1. The molecule has 1 aliphatic rings. The van der Waals surface area contributed by atoms with E-state index in [0.29, 0.717) is 13.0 Å². The summed E-state index contributed by atoms with van der Waals surface area (Å²) in [5, 5.41) is 14.4. The Kier molecular flexibility index (Phi) is 7.57. The maximum atomic E-state index is 12.2. The molecule has 3 aromatic rings. The molecule has 0 heterocycles. The highest BCUT2D eigenvalue weighted by atomic mass is 16.5. The summed E-state index contributed by atoms with van der Waals surface area (Å²) >= 11 is 0. The van der Waals surface area contributed by atoms with E-state index in [1.807, 2.05) is 30.3 Å². The third-order valence-corrected chi connectivity index (χ3v) is 5.86. The fraction of sp³-hybridized carbons (Fsp3) is 0.179. The molecule has 0 radical (unpaired) electrons. The number of hydrogen-bond donors (Lipinski definition) is 3. The second-order valence-corrected chi connectivity index (χ2v) is 8.16. The van der Waals surface area contributed by atoms with E-state index in [4.69, 9.17) is 9.84 Å². The number of rotatable bonds is 9. The minimum Gasteiger partial charge on any atom is -0.478 e. The number of carbonyl (C=O) groups excluding carboxylic acids is 2. The number of alkyl carbamates (subject to hydrolysis) is 1. The van der Waals surface area contributed by atoms with Crippen LogP contribution in [0.4, 0.5) is 4.79 Å². The van der Waals surface area contributed by atoms with E-state index in [1.165, 1.54) is 23.3 Å². The topological polar surface area (TPSA) is 105 Å². The summed E-state index contributed by atoms with van der Waals surface area (Å²) in [6, 6.07) is 22.9. The number of fused-ring (bicyclic) bond motifs is 3. The van der Waals surface area contributed by atoms with Crippen molar-refractivity contribution in [2.24, 2.45) is 0 Å². The normalized spacial score (nSPS) is 12.1. The summed E-state index contributed by atoms with van der Waals surface area (Å²) in [5.74, 6) is -1.29. The molecular weight excluding hydrogens is 444 g/mol. The molecule has 7 heteroatoms. The quantitative estimate of drug-likeness (QED) is 0.408. The Morgan fingerprint density at radius 3 is 2.26 bits per heavy atom. The molecule has 0 aromatic heterocycles. The summed E-state index contributed by atoms with van der Waals surface area (Å²) in [7, 11) is 0. The molecule has 0 spiro atoms. The van der Waals surface area contributed by atoms with E-state index in [1.54, 1.807) is 18.2 Å². The van der Waals surface area contributed by atoms with Crippen LogP contribution in [0.1, 0.15) is 33.0 Å². The molecule has 0 fully saturated rings. The van der Waals surface area contributed by atoms with Crippen LogP contribution in [0.3, 0.4) is 0 Å². The van der Waals surface area contributed by atoms with Crippen molar-refractivity contribution in [3.63, 3.8) is 0 Å². The third kappa shape index (κ3) is 5.95. The second-order valence-electron chi connectivity index (χ2n) is 8.16. The second kappa shape index (κ2) is 11.2. The summed E-state index contributed by atoms with van der Waals surface area (Å²) < 4.78 is 5.46. The van der Waals surface area contributed by atoms with Crippen LogP contribution in [0.2, 0.25) is 0 Å². The standard InChI is InChI=1S/C28H26N2O5/c31-26(29-16-14-19-7-5-8-20(17-19)27(32)33)13-6-15-30-28(34)35-18-25-23-11-3-1-9-21(23)22-10-2-4-12-24(22)25/h1-13,17,25H,14-16,18H2,(H,29,31)(H,30,34)(H,32,33)/b13-6+. The lowest BCUT2D eigenvalue weighted by Crippen LogP contribution is -2.27. The van der Waals surface area contributed by atoms with Crippen LogP contribution < -0.4 is 10.6 Å². The number of benzene rings is 3. The lowest BCUT2D eigenvalue weighted by Gasteiger charge is -2.14. The van der Waals surface area contributed by atoms with Crippen molar-refractivity contribution in [2.45, 2.75) is 12.3 Å². The number of carboxylic acids is 1. The summed E-state index contributed by atoms with van der Waals surface area (Å²) in [5.41, 5.74) is 5.67. The zero-order valence-electron chi connectivity index (χ0n) is 19.1. The predicted octanol–water partition coefficient (Wildman–Crippen LogP) is 4.14. The molecule has 0 saturated carbocycles. The maximum absolute atomic E-state index is 12.2. The van der Waals surface area contributed by atoms with Crippen molar-refractivity contribution in [3.05, 3.63) is 107 Å². The fourth-order valence-electron chi connectivity index (χ4n) is 4.21. The Morgan fingerprint density at radius 2 is 1.57 bits per heavy atom. The van der Waals surface area contributed by atoms with Gasteiger partial charge < -0.3 is 20.5 Å². The van der Waals surface area contributed by atoms with Crippen LogP contribution >= 0.6 is 0 Å². The van der Waals surface area contributed by atoms with E-state index < -0.39 is 12.1 Å². The zero-order valence-corrected chi connectivity index (χ0v) is 19.1. The van der Waals surface area contributed by atoms with Gasteiger partial charge in [-0.25, -0.2) is 9.59 Å². The van der Waals surface area contributed by atoms with Crippen LogP contribution in [0, 0.1) is 0 Å². The molecule has 0 bridgehead atoms. The highest BCUT2D eigenvalue weighted by Gasteiger charge is 2.28. The third-order valence-electron chi connectivity index (χ3n) is 5.86. The molecule has 35 heavy (non-hydrogen) atoms. The average Bonchev–Trinajstić information content (AvgIpc) is 3.19. The van der Waals surface area contributed by atoms with Crippen LogP contribution in [-0.2, 0) is 16.0 Å². The van der Waals surface area contributed by atoms with Crippen molar-refractivity contribution in [1.82, 2.24) is 10.6 Å². The first-order chi connectivity index (χ1) is 17.0. The van der Waals surface area contributed by atoms with Gasteiger partial charge in [0.1, 0.15) is 6.61 Å². The van der Waals surface area contributed by atoms with Crippen molar-refractivity contribution in [2.75, 3.05) is 19.7 Å². The van der Waals surface area contributed by atoms with Gasteiger partial charge in [-0.05, 0) is 46.4 Å². The molecule has 0 unspecified atom stereocenters. The summed E-state index contributed by atoms with van der Waals surface area (Å²) in [4.78, 5) is 35.1. The number of hydrogen-bond acceptors (Lipinski definition) is 4. The maximum Gasteiger partial charge on any atom is 0.407 e. The minimum atomic E-state index is -0.984. The summed E-state index contributed by atoms with van der Waals surface area (Å²) in [6.45, 7) is 0.754. The molecule has 7 nitrogen and oxygen atoms in total. The zero-order chi connectivity index (χ0) is 24.6. The fourth-order valence-corrected chi connectivity index (χ4v) is 4.21. The summed E-state index contributed by atoms with van der Waals surface area (Å²) in [6.07, 6.45) is 2.85. The van der Waals surface area contributed by atoms with Gasteiger partial charge >= 0.3 is 12.1 Å². The van der Waals surface area contributed by atoms with Crippen molar-refractivity contribution < 1.29 is 24.2 Å². The Balaban J connectivity index is 1.18. The SMILES string of the molecule is O=C(/C=C/CNC(=O)OCC1c2ccccc2-c2ccccc21)NCCc1cccc(C(=O)O)c1. The van der Waals surface area contributed by atoms with Crippen LogP contribution in [0.25, 0.3) is 11.1 Å². The molecule has 0 atom stereocenters. The van der Waals surface area contributed by atoms with Crippen LogP contribution in [0.5, 0.6) is 0 Å². The van der Waals surface area contributed by atoms with Gasteiger partial charge in [0.15, 0.2) is 0 Å². The van der Waals surface area contributed by atoms with Crippen LogP contribution in [0.15, 0.2) is 84.9 Å². The molecule has 1 aliphatic carbocycles. The first-order valence-electron chi connectivity index (χ1n) is 11.4. The first-order valence-corrected chi connectivity index (χ1v) is 11.4. The number of carbonyl (C=O) groups is 3. The lowest BCUT2D eigenvalue weighted by atomic mass is 9.98. The van der Waals surface area contributed by atoms with Crippen LogP contribution in [-0.4, -0.2) is 42.8 Å². The lowest BCUT2D eigenvalue weighted by molar-refractivity contribution is -0.116. The van der Waals surface area contributed by atoms with Crippen molar-refractivity contribution in [3.8, 4) is 11.1 Å². The molecule has 4 rings (SSSR count). The Bertz CT molecular complexity index is 1220. The van der Waals surface area contributed by atoms with Crippen molar-refractivity contribution in [1.29, 1.82) is 0 Å². The highest BCUT2D eigenvalue weighted by Crippen LogP contribution is 2.44. The molecule has 2 amide bonds. The van der Waals surface area contributed by atoms with E-state index in [9.17, 15) is 14.4 Å². The van der Waals surface area contributed by atoms with Gasteiger partial charge in [0, 0.05) is 25.1 Å².